The van der Waals surface area contributed by atoms with Crippen LogP contribution in [0.25, 0.3) is 11.1 Å². The van der Waals surface area contributed by atoms with Crippen molar-refractivity contribution in [3.63, 3.8) is 0 Å². The van der Waals surface area contributed by atoms with Gasteiger partial charge in [-0.1, -0.05) is 23.4 Å². The molecule has 0 aromatic heterocycles. The van der Waals surface area contributed by atoms with Crippen LogP contribution in [-0.2, 0) is 17.8 Å². The zero-order valence-corrected chi connectivity index (χ0v) is 11.0. The molecule has 0 fully saturated rings. The second kappa shape index (κ2) is 6.04. The summed E-state index contributed by atoms with van der Waals surface area (Å²) < 4.78 is 0. The summed E-state index contributed by atoms with van der Waals surface area (Å²) in [5.41, 5.74) is 1.82. The number of carboxylic acids is 1. The van der Waals surface area contributed by atoms with Crippen LogP contribution in [0, 0.1) is 4.91 Å². The fourth-order valence-corrected chi connectivity index (χ4v) is 2.20. The van der Waals surface area contributed by atoms with Crippen LogP contribution in [0.15, 0.2) is 41.6 Å². The van der Waals surface area contributed by atoms with Gasteiger partial charge in [-0.25, -0.2) is 0 Å². The number of phenols is 2. The second-order valence-electron chi connectivity index (χ2n) is 4.56. The molecule has 0 aliphatic heterocycles. The van der Waals surface area contributed by atoms with E-state index in [-0.39, 0.29) is 30.0 Å². The Balaban J connectivity index is 2.58. The number of nitrogens with zero attached hydrogens (tertiary/aromatic N) is 1. The lowest BCUT2D eigenvalue weighted by atomic mass is 9.95. The molecule has 0 spiro atoms. The number of aliphatic carboxylic acids is 1. The summed E-state index contributed by atoms with van der Waals surface area (Å²) in [6.45, 7) is -0.0129. The molecular weight excluding hydrogens is 274 g/mol. The first-order valence-corrected chi connectivity index (χ1v) is 6.16. The van der Waals surface area contributed by atoms with Gasteiger partial charge in [0, 0.05) is 11.6 Å². The van der Waals surface area contributed by atoms with Crippen molar-refractivity contribution in [1.29, 1.82) is 0 Å². The van der Waals surface area contributed by atoms with Gasteiger partial charge in [-0.3, -0.25) is 4.79 Å². The van der Waals surface area contributed by atoms with Gasteiger partial charge < -0.3 is 15.3 Å². The summed E-state index contributed by atoms with van der Waals surface area (Å²) in [5.74, 6) is -1.51. The fourth-order valence-electron chi connectivity index (χ4n) is 2.20. The number of carbonyl (C=O) groups is 1. The summed E-state index contributed by atoms with van der Waals surface area (Å²) in [7, 11) is 0. The van der Waals surface area contributed by atoms with Crippen LogP contribution < -0.4 is 0 Å². The van der Waals surface area contributed by atoms with Gasteiger partial charge in [0.15, 0.2) is 0 Å². The first-order chi connectivity index (χ1) is 10.0. The summed E-state index contributed by atoms with van der Waals surface area (Å²) in [5, 5.41) is 31.3. The van der Waals surface area contributed by atoms with Crippen LogP contribution in [0.3, 0.4) is 0 Å². The van der Waals surface area contributed by atoms with Crippen LogP contribution >= 0.6 is 0 Å². The average Bonchev–Trinajstić information content (AvgIpc) is 2.37. The van der Waals surface area contributed by atoms with Crippen molar-refractivity contribution in [2.75, 3.05) is 0 Å². The Hall–Kier alpha value is -2.89. The number of benzene rings is 2. The standard InChI is InChI=1S/C15H13NO5/c17-12-5-11(6-14(19)20)15(13(18)7-12)10-3-1-2-9(4-10)8-16-21/h1-5,7,17-18H,6,8H2,(H,19,20). The first-order valence-electron chi connectivity index (χ1n) is 6.16. The first kappa shape index (κ1) is 14.5. The van der Waals surface area contributed by atoms with Gasteiger partial charge in [0.2, 0.25) is 0 Å². The molecule has 0 bridgehead atoms. The number of rotatable bonds is 5. The number of phenolic OH excluding ortho intramolecular Hbond substituents is 2. The fraction of sp³-hybridized carbons (Fsp3) is 0.133. The maximum atomic E-state index is 10.9. The molecule has 21 heavy (non-hydrogen) atoms. The van der Waals surface area contributed by atoms with Gasteiger partial charge in [0.25, 0.3) is 0 Å². The van der Waals surface area contributed by atoms with Crippen molar-refractivity contribution in [2.45, 2.75) is 13.0 Å². The zero-order chi connectivity index (χ0) is 15.4. The van der Waals surface area contributed by atoms with Crippen molar-refractivity contribution >= 4 is 5.97 Å². The maximum Gasteiger partial charge on any atom is 0.307 e. The predicted octanol–water partition coefficient (Wildman–Crippen LogP) is 2.66. The van der Waals surface area contributed by atoms with Crippen molar-refractivity contribution in [1.82, 2.24) is 0 Å². The molecule has 0 atom stereocenters. The van der Waals surface area contributed by atoms with E-state index in [0.29, 0.717) is 16.7 Å². The Morgan fingerprint density at radius 1 is 1.14 bits per heavy atom. The van der Waals surface area contributed by atoms with E-state index in [2.05, 4.69) is 5.18 Å². The molecule has 2 aromatic carbocycles. The Morgan fingerprint density at radius 2 is 1.90 bits per heavy atom. The summed E-state index contributed by atoms with van der Waals surface area (Å²) in [6.07, 6.45) is -0.340. The Bertz CT molecular complexity index is 696. The predicted molar refractivity (Wildman–Crippen MR) is 76.0 cm³/mol. The SMILES string of the molecule is O=NCc1cccc(-c2c(O)cc(O)cc2CC(=O)O)c1. The van der Waals surface area contributed by atoms with Gasteiger partial charge in [0.1, 0.15) is 18.0 Å². The molecule has 2 rings (SSSR count). The van der Waals surface area contributed by atoms with E-state index in [1.807, 2.05) is 0 Å². The molecule has 0 saturated carbocycles. The van der Waals surface area contributed by atoms with Gasteiger partial charge >= 0.3 is 5.97 Å². The molecule has 6 heteroatoms. The maximum absolute atomic E-state index is 10.9. The van der Waals surface area contributed by atoms with E-state index in [9.17, 15) is 19.9 Å². The molecular formula is C15H13NO5. The third kappa shape index (κ3) is 3.36. The molecule has 0 saturated heterocycles. The monoisotopic (exact) mass is 287 g/mol. The summed E-state index contributed by atoms with van der Waals surface area (Å²) in [4.78, 5) is 21.3. The average molecular weight is 287 g/mol. The van der Waals surface area contributed by atoms with Crippen LogP contribution in [0.1, 0.15) is 11.1 Å². The van der Waals surface area contributed by atoms with E-state index >= 15 is 0 Å². The minimum atomic E-state index is -1.08. The van der Waals surface area contributed by atoms with E-state index < -0.39 is 5.97 Å². The molecule has 6 nitrogen and oxygen atoms in total. The van der Waals surface area contributed by atoms with E-state index in [4.69, 9.17) is 5.11 Å². The molecule has 0 unspecified atom stereocenters. The molecule has 2 aromatic rings. The number of nitroso groups, excluding NO2 is 1. The van der Waals surface area contributed by atoms with Crippen molar-refractivity contribution in [3.05, 3.63) is 52.4 Å². The summed E-state index contributed by atoms with van der Waals surface area (Å²) >= 11 is 0. The minimum absolute atomic E-state index is 0.0129. The highest BCUT2D eigenvalue weighted by molar-refractivity contribution is 5.81. The lowest BCUT2D eigenvalue weighted by molar-refractivity contribution is -0.136. The van der Waals surface area contributed by atoms with Crippen molar-refractivity contribution < 1.29 is 20.1 Å². The Morgan fingerprint density at radius 3 is 2.57 bits per heavy atom. The van der Waals surface area contributed by atoms with Crippen LogP contribution in [-0.4, -0.2) is 21.3 Å². The molecule has 108 valence electrons. The highest BCUT2D eigenvalue weighted by atomic mass is 16.4. The number of aromatic hydroxyl groups is 2. The van der Waals surface area contributed by atoms with Gasteiger partial charge in [-0.2, -0.15) is 4.91 Å². The highest BCUT2D eigenvalue weighted by Crippen LogP contribution is 2.36. The lowest BCUT2D eigenvalue weighted by Crippen LogP contribution is -2.02. The smallest absolute Gasteiger partial charge is 0.307 e. The number of carboxylic acid groups (broad SMARTS) is 1. The third-order valence-corrected chi connectivity index (χ3v) is 2.99. The van der Waals surface area contributed by atoms with Crippen molar-refractivity contribution in [3.8, 4) is 22.6 Å². The molecule has 0 aliphatic rings. The largest absolute Gasteiger partial charge is 0.508 e. The van der Waals surface area contributed by atoms with E-state index in [1.54, 1.807) is 24.3 Å². The molecule has 0 amide bonds. The Kier molecular flexibility index (Phi) is 4.18. The second-order valence-corrected chi connectivity index (χ2v) is 4.56. The number of hydrogen-bond donors (Lipinski definition) is 3. The normalized spacial score (nSPS) is 10.3. The number of hydrogen-bond acceptors (Lipinski definition) is 5. The highest BCUT2D eigenvalue weighted by Gasteiger charge is 2.15. The molecule has 0 heterocycles. The van der Waals surface area contributed by atoms with Crippen LogP contribution in [0.2, 0.25) is 0 Å². The van der Waals surface area contributed by atoms with Crippen molar-refractivity contribution in [2.24, 2.45) is 5.18 Å². The molecule has 0 radical (unpaired) electrons. The third-order valence-electron chi connectivity index (χ3n) is 2.99. The van der Waals surface area contributed by atoms with E-state index in [0.717, 1.165) is 6.07 Å². The summed E-state index contributed by atoms with van der Waals surface area (Å²) in [6, 6.07) is 9.18. The van der Waals surface area contributed by atoms with Crippen LogP contribution in [0.5, 0.6) is 11.5 Å². The topological polar surface area (TPSA) is 107 Å². The molecule has 0 aliphatic carbocycles. The minimum Gasteiger partial charge on any atom is -0.508 e. The quantitative estimate of drug-likeness (QED) is 0.733. The van der Waals surface area contributed by atoms with Gasteiger partial charge in [0.05, 0.1) is 6.42 Å². The van der Waals surface area contributed by atoms with Gasteiger partial charge in [-0.05, 0) is 28.8 Å². The van der Waals surface area contributed by atoms with Gasteiger partial charge in [-0.15, -0.1) is 0 Å². The van der Waals surface area contributed by atoms with Crippen LogP contribution in [0.4, 0.5) is 0 Å². The van der Waals surface area contributed by atoms with E-state index in [1.165, 1.54) is 6.07 Å². The lowest BCUT2D eigenvalue weighted by Gasteiger charge is -2.12. The Labute approximate surface area is 120 Å². The molecule has 3 N–H and O–H groups in total. The zero-order valence-electron chi connectivity index (χ0n) is 11.0.